The summed E-state index contributed by atoms with van der Waals surface area (Å²) in [6, 6.07) is 70.4. The van der Waals surface area contributed by atoms with E-state index in [1.165, 1.54) is 27.8 Å². The Balaban J connectivity index is 0.988. The number of fused-ring (bicyclic) bond motifs is 9. The Morgan fingerprint density at radius 1 is 0.286 bits per heavy atom. The largest absolute Gasteiger partial charge is 0.457 e. The number of benzene rings is 8. The minimum Gasteiger partial charge on any atom is -0.457 e. The van der Waals surface area contributed by atoms with Gasteiger partial charge in [-0.15, -0.1) is 0 Å². The maximum atomic E-state index is 6.68. The van der Waals surface area contributed by atoms with Crippen LogP contribution in [-0.4, -0.2) is 15.0 Å². The van der Waals surface area contributed by atoms with Crippen molar-refractivity contribution in [2.75, 3.05) is 0 Å². The molecule has 0 N–H and O–H groups in total. The van der Waals surface area contributed by atoms with Gasteiger partial charge in [0.05, 0.1) is 5.41 Å². The maximum Gasteiger partial charge on any atom is 0.164 e. The van der Waals surface area contributed by atoms with Crippen LogP contribution in [0.2, 0.25) is 0 Å². The highest BCUT2D eigenvalue weighted by Crippen LogP contribution is 2.62. The number of aromatic nitrogens is 3. The minimum atomic E-state index is -0.503. The molecule has 1 aliphatic carbocycles. The number of hydrogen-bond acceptors (Lipinski definition) is 4. The van der Waals surface area contributed by atoms with E-state index in [0.29, 0.717) is 17.5 Å². The fourth-order valence-electron chi connectivity index (χ4n) is 8.66. The van der Waals surface area contributed by atoms with Gasteiger partial charge in [-0.1, -0.05) is 176 Å². The van der Waals surface area contributed by atoms with E-state index in [9.17, 15) is 0 Å². The monoisotopic (exact) mass is 715 g/mol. The third-order valence-electron chi connectivity index (χ3n) is 11.2. The van der Waals surface area contributed by atoms with Crippen molar-refractivity contribution in [2.24, 2.45) is 0 Å². The molecule has 4 heteroatoms. The normalized spacial score (nSPS) is 12.9. The first-order valence-electron chi connectivity index (χ1n) is 18.9. The number of hydrogen-bond donors (Lipinski definition) is 0. The maximum absolute atomic E-state index is 6.68. The molecule has 8 aromatic carbocycles. The third-order valence-corrected chi connectivity index (χ3v) is 11.2. The van der Waals surface area contributed by atoms with E-state index in [2.05, 4.69) is 140 Å². The van der Waals surface area contributed by atoms with Crippen molar-refractivity contribution in [1.29, 1.82) is 0 Å². The Kier molecular flexibility index (Phi) is 7.36. The van der Waals surface area contributed by atoms with Crippen LogP contribution in [0.25, 0.3) is 67.5 Å². The predicted octanol–water partition coefficient (Wildman–Crippen LogP) is 12.7. The average molecular weight is 716 g/mol. The van der Waals surface area contributed by atoms with Crippen LogP contribution in [-0.2, 0) is 5.41 Å². The van der Waals surface area contributed by atoms with Gasteiger partial charge in [0.2, 0.25) is 0 Å². The van der Waals surface area contributed by atoms with Gasteiger partial charge < -0.3 is 4.74 Å². The van der Waals surface area contributed by atoms with Gasteiger partial charge >= 0.3 is 0 Å². The quantitative estimate of drug-likeness (QED) is 0.178. The van der Waals surface area contributed by atoms with Gasteiger partial charge in [-0.3, -0.25) is 0 Å². The summed E-state index contributed by atoms with van der Waals surface area (Å²) in [6.07, 6.45) is 0. The summed E-state index contributed by atoms with van der Waals surface area (Å²) in [4.78, 5) is 14.7. The molecular weight excluding hydrogens is 683 g/mol. The van der Waals surface area contributed by atoms with Crippen molar-refractivity contribution in [2.45, 2.75) is 5.41 Å². The number of ether oxygens (including phenoxy) is 1. The lowest BCUT2D eigenvalue weighted by Crippen LogP contribution is -2.32. The van der Waals surface area contributed by atoms with Gasteiger partial charge in [-0.05, 0) is 68.8 Å². The molecule has 1 spiro atoms. The smallest absolute Gasteiger partial charge is 0.164 e. The first-order valence-corrected chi connectivity index (χ1v) is 18.9. The molecule has 1 aliphatic heterocycles. The summed E-state index contributed by atoms with van der Waals surface area (Å²) < 4.78 is 6.68. The summed E-state index contributed by atoms with van der Waals surface area (Å²) in [7, 11) is 0. The molecule has 56 heavy (non-hydrogen) atoms. The fraction of sp³-hybridized carbons (Fsp3) is 0.0192. The second-order valence-corrected chi connectivity index (χ2v) is 14.3. The number of rotatable bonds is 5. The third kappa shape index (κ3) is 5.04. The topological polar surface area (TPSA) is 47.9 Å². The summed E-state index contributed by atoms with van der Waals surface area (Å²) in [5.41, 5.74) is 14.3. The van der Waals surface area contributed by atoms with Crippen molar-refractivity contribution in [3.05, 3.63) is 222 Å². The first kappa shape index (κ1) is 32.0. The van der Waals surface area contributed by atoms with Crippen molar-refractivity contribution in [1.82, 2.24) is 15.0 Å². The van der Waals surface area contributed by atoms with E-state index < -0.39 is 5.41 Å². The molecule has 0 atom stereocenters. The lowest BCUT2D eigenvalue weighted by molar-refractivity contribution is 0.436. The van der Waals surface area contributed by atoms with Gasteiger partial charge in [0, 0.05) is 27.8 Å². The van der Waals surface area contributed by atoms with E-state index in [0.717, 1.165) is 56.0 Å². The van der Waals surface area contributed by atoms with Crippen LogP contribution in [0.5, 0.6) is 11.5 Å². The first-order chi connectivity index (χ1) is 27.7. The predicted molar refractivity (Wildman–Crippen MR) is 224 cm³/mol. The average Bonchev–Trinajstić information content (AvgIpc) is 3.57. The van der Waals surface area contributed by atoms with Crippen molar-refractivity contribution >= 4 is 0 Å². The molecule has 11 rings (SSSR count). The minimum absolute atomic E-state index is 0.503. The summed E-state index contributed by atoms with van der Waals surface area (Å²) >= 11 is 0. The molecule has 0 saturated carbocycles. The van der Waals surface area contributed by atoms with Crippen LogP contribution >= 0.6 is 0 Å². The van der Waals surface area contributed by atoms with Crippen LogP contribution in [0.1, 0.15) is 22.3 Å². The van der Waals surface area contributed by atoms with Crippen molar-refractivity contribution in [3.8, 4) is 79.0 Å². The zero-order valence-corrected chi connectivity index (χ0v) is 30.3. The molecule has 2 aliphatic rings. The zero-order valence-electron chi connectivity index (χ0n) is 30.3. The number of para-hydroxylation sites is 1. The standard InChI is InChI=1S/C52H33N3O/c1-3-14-35(15-4-1)49-53-50(36-16-5-2-6-17-36)55-51(54-49)37-28-26-34(27-29-37)38-18-13-19-39(32-38)40-30-31-48-46(33-40)52(45-24-11-12-25-47(45)56-48)43-22-9-7-20-41(43)42-21-8-10-23-44(42)52/h1-33H. The summed E-state index contributed by atoms with van der Waals surface area (Å²) in [5.74, 6) is 3.72. The fourth-order valence-corrected chi connectivity index (χ4v) is 8.66. The van der Waals surface area contributed by atoms with E-state index in [-0.39, 0.29) is 0 Å². The van der Waals surface area contributed by atoms with E-state index in [1.807, 2.05) is 60.7 Å². The Morgan fingerprint density at radius 2 is 0.696 bits per heavy atom. The number of nitrogens with zero attached hydrogens (tertiary/aromatic N) is 3. The lowest BCUT2D eigenvalue weighted by atomic mass is 9.66. The van der Waals surface area contributed by atoms with Crippen LogP contribution in [0, 0.1) is 0 Å². The van der Waals surface area contributed by atoms with E-state index in [4.69, 9.17) is 19.7 Å². The summed E-state index contributed by atoms with van der Waals surface area (Å²) in [5, 5.41) is 0. The molecule has 1 aromatic heterocycles. The van der Waals surface area contributed by atoms with Crippen LogP contribution in [0.3, 0.4) is 0 Å². The molecular formula is C52H33N3O. The Labute approximate surface area is 325 Å². The van der Waals surface area contributed by atoms with Crippen LogP contribution in [0.4, 0.5) is 0 Å². The van der Waals surface area contributed by atoms with Crippen LogP contribution < -0.4 is 4.74 Å². The van der Waals surface area contributed by atoms with Gasteiger partial charge in [0.15, 0.2) is 17.5 Å². The Hall–Kier alpha value is -7.43. The van der Waals surface area contributed by atoms with Gasteiger partial charge in [0.25, 0.3) is 0 Å². The van der Waals surface area contributed by atoms with Crippen LogP contribution in [0.15, 0.2) is 200 Å². The highest BCUT2D eigenvalue weighted by molar-refractivity contribution is 5.89. The molecule has 0 fully saturated rings. The molecule has 0 saturated heterocycles. The van der Waals surface area contributed by atoms with Crippen molar-refractivity contribution < 1.29 is 4.74 Å². The van der Waals surface area contributed by atoms with Gasteiger partial charge in [0.1, 0.15) is 11.5 Å². The van der Waals surface area contributed by atoms with Crippen molar-refractivity contribution in [3.63, 3.8) is 0 Å². The zero-order chi connectivity index (χ0) is 37.1. The molecule has 0 unspecified atom stereocenters. The van der Waals surface area contributed by atoms with Gasteiger partial charge in [-0.25, -0.2) is 15.0 Å². The van der Waals surface area contributed by atoms with E-state index in [1.54, 1.807) is 0 Å². The second-order valence-electron chi connectivity index (χ2n) is 14.3. The summed E-state index contributed by atoms with van der Waals surface area (Å²) in [6.45, 7) is 0. The lowest BCUT2D eigenvalue weighted by Gasteiger charge is -2.39. The highest BCUT2D eigenvalue weighted by Gasteiger charge is 2.51. The van der Waals surface area contributed by atoms with E-state index >= 15 is 0 Å². The molecule has 2 heterocycles. The molecule has 4 nitrogen and oxygen atoms in total. The Bertz CT molecular complexity index is 2840. The Morgan fingerprint density at radius 3 is 1.30 bits per heavy atom. The van der Waals surface area contributed by atoms with Gasteiger partial charge in [-0.2, -0.15) is 0 Å². The molecule has 0 amide bonds. The SMILES string of the molecule is c1ccc(-c2nc(-c3ccccc3)nc(-c3ccc(-c4cccc(-c5ccc6c(c5)C5(c7ccccc7O6)c6ccccc6-c6ccccc65)c4)cc3)n2)cc1. The molecule has 0 bridgehead atoms. The second kappa shape index (κ2) is 12.9. The highest BCUT2D eigenvalue weighted by atomic mass is 16.5. The molecule has 9 aromatic rings. The molecule has 0 radical (unpaired) electrons. The molecule has 262 valence electrons.